The molecule has 1 aromatic carbocycles. The number of rotatable bonds is 1. The quantitative estimate of drug-likeness (QED) is 0.540. The molecule has 0 aromatic heterocycles. The summed E-state index contributed by atoms with van der Waals surface area (Å²) in [6, 6.07) is 5.03. The van der Waals surface area contributed by atoms with Crippen LogP contribution in [0.15, 0.2) is 18.2 Å². The predicted octanol–water partition coefficient (Wildman–Crippen LogP) is 1.87. The van der Waals surface area contributed by atoms with Crippen molar-refractivity contribution in [2.75, 3.05) is 7.11 Å². The smallest absolute Gasteiger partial charge is 0.316 e. The second kappa shape index (κ2) is 3.66. The van der Waals surface area contributed by atoms with E-state index >= 15 is 0 Å². The van der Waals surface area contributed by atoms with Crippen LogP contribution >= 0.6 is 11.6 Å². The van der Waals surface area contributed by atoms with Crippen LogP contribution in [-0.4, -0.2) is 18.9 Å². The minimum atomic E-state index is -0.691. The van der Waals surface area contributed by atoms with Gasteiger partial charge in [0.05, 0.1) is 7.11 Å². The fourth-order valence-electron chi connectivity index (χ4n) is 1.80. The van der Waals surface area contributed by atoms with Crippen molar-refractivity contribution in [2.24, 2.45) is 5.92 Å². The number of fused-ring (bicyclic) bond motifs is 1. The van der Waals surface area contributed by atoms with Gasteiger partial charge >= 0.3 is 5.97 Å². The maximum Gasteiger partial charge on any atom is 0.316 e. The molecule has 0 amide bonds. The molecule has 0 N–H and O–H groups in total. The Morgan fingerprint density at radius 1 is 1.53 bits per heavy atom. The van der Waals surface area contributed by atoms with Crippen molar-refractivity contribution in [3.05, 3.63) is 34.3 Å². The Balaban J connectivity index is 2.37. The molecule has 0 saturated carbocycles. The molecular weight excluding hydrogens is 216 g/mol. The molecule has 78 valence electrons. The van der Waals surface area contributed by atoms with Gasteiger partial charge in [0, 0.05) is 10.6 Å². The highest BCUT2D eigenvalue weighted by Gasteiger charge is 2.36. The Kier molecular flexibility index (Phi) is 2.49. The predicted molar refractivity (Wildman–Crippen MR) is 55.0 cm³/mol. The van der Waals surface area contributed by atoms with Crippen LogP contribution in [0.4, 0.5) is 0 Å². The van der Waals surface area contributed by atoms with E-state index in [1.165, 1.54) is 7.11 Å². The molecule has 0 aliphatic heterocycles. The third kappa shape index (κ3) is 1.63. The van der Waals surface area contributed by atoms with E-state index in [1.54, 1.807) is 18.2 Å². The minimum Gasteiger partial charge on any atom is -0.468 e. The summed E-state index contributed by atoms with van der Waals surface area (Å²) in [7, 11) is 1.28. The molecule has 1 aromatic rings. The number of halogens is 1. The van der Waals surface area contributed by atoms with Crippen LogP contribution < -0.4 is 0 Å². The number of ketones is 1. The summed E-state index contributed by atoms with van der Waals surface area (Å²) in [5, 5.41) is 0.576. The third-order valence-electron chi connectivity index (χ3n) is 2.56. The number of methoxy groups -OCH3 is 1. The zero-order valence-corrected chi connectivity index (χ0v) is 8.88. The fraction of sp³-hybridized carbons (Fsp3) is 0.273. The van der Waals surface area contributed by atoms with Gasteiger partial charge in [-0.05, 0) is 30.2 Å². The normalized spacial score (nSPS) is 18.8. The molecule has 0 saturated heterocycles. The summed E-state index contributed by atoms with van der Waals surface area (Å²) in [6.07, 6.45) is 0.390. The van der Waals surface area contributed by atoms with E-state index in [9.17, 15) is 9.59 Å². The zero-order valence-electron chi connectivity index (χ0n) is 8.12. The zero-order chi connectivity index (χ0) is 11.0. The molecule has 1 atom stereocenters. The molecule has 0 fully saturated rings. The first-order valence-electron chi connectivity index (χ1n) is 4.54. The van der Waals surface area contributed by atoms with Crippen molar-refractivity contribution in [3.8, 4) is 0 Å². The number of carbonyl (C=O) groups is 2. The van der Waals surface area contributed by atoms with E-state index in [0.717, 1.165) is 5.56 Å². The molecule has 0 bridgehead atoms. The van der Waals surface area contributed by atoms with E-state index in [1.807, 2.05) is 0 Å². The van der Waals surface area contributed by atoms with Crippen LogP contribution in [0.25, 0.3) is 0 Å². The molecule has 1 aliphatic carbocycles. The standard InChI is InChI=1S/C11H9ClO3/c1-15-11(14)9-5-6-4-7(12)2-3-8(6)10(9)13/h2-4,9H,5H2,1H3. The average Bonchev–Trinajstić information content (AvgIpc) is 2.54. The first-order valence-corrected chi connectivity index (χ1v) is 4.91. The van der Waals surface area contributed by atoms with E-state index in [0.29, 0.717) is 17.0 Å². The molecule has 0 radical (unpaired) electrons. The Morgan fingerprint density at radius 2 is 2.27 bits per heavy atom. The van der Waals surface area contributed by atoms with Gasteiger partial charge in [-0.15, -0.1) is 0 Å². The first kappa shape index (κ1) is 10.2. The SMILES string of the molecule is COC(=O)C1Cc2cc(Cl)ccc2C1=O. The summed E-state index contributed by atoms with van der Waals surface area (Å²) in [6.45, 7) is 0. The van der Waals surface area contributed by atoms with Gasteiger partial charge in [0.25, 0.3) is 0 Å². The van der Waals surface area contributed by atoms with Gasteiger partial charge < -0.3 is 4.74 Å². The third-order valence-corrected chi connectivity index (χ3v) is 2.79. The summed E-state index contributed by atoms with van der Waals surface area (Å²) < 4.78 is 4.57. The maximum atomic E-state index is 11.8. The molecule has 4 heteroatoms. The number of benzene rings is 1. The van der Waals surface area contributed by atoms with Gasteiger partial charge in [0.2, 0.25) is 0 Å². The first-order chi connectivity index (χ1) is 7.13. The number of carbonyl (C=O) groups excluding carboxylic acids is 2. The molecular formula is C11H9ClO3. The van der Waals surface area contributed by atoms with Crippen molar-refractivity contribution in [3.63, 3.8) is 0 Å². The summed E-state index contributed by atoms with van der Waals surface area (Å²) in [4.78, 5) is 23.1. The van der Waals surface area contributed by atoms with Gasteiger partial charge in [-0.25, -0.2) is 0 Å². The van der Waals surface area contributed by atoms with E-state index in [-0.39, 0.29) is 5.78 Å². The molecule has 0 spiro atoms. The number of hydrogen-bond acceptors (Lipinski definition) is 3. The molecule has 3 nitrogen and oxygen atoms in total. The topological polar surface area (TPSA) is 43.4 Å². The highest BCUT2D eigenvalue weighted by Crippen LogP contribution is 2.29. The van der Waals surface area contributed by atoms with Crippen molar-refractivity contribution >= 4 is 23.4 Å². The maximum absolute atomic E-state index is 11.8. The molecule has 1 unspecified atom stereocenters. The highest BCUT2D eigenvalue weighted by molar-refractivity contribution is 6.31. The molecule has 1 aliphatic rings. The average molecular weight is 225 g/mol. The Morgan fingerprint density at radius 3 is 2.93 bits per heavy atom. The lowest BCUT2D eigenvalue weighted by Gasteiger charge is -2.03. The van der Waals surface area contributed by atoms with Crippen LogP contribution in [0.2, 0.25) is 5.02 Å². The van der Waals surface area contributed by atoms with Crippen LogP contribution in [0, 0.1) is 5.92 Å². The largest absolute Gasteiger partial charge is 0.468 e. The summed E-state index contributed by atoms with van der Waals surface area (Å²) >= 11 is 5.80. The summed E-state index contributed by atoms with van der Waals surface area (Å²) in [5.74, 6) is -1.34. The molecule has 2 rings (SSSR count). The van der Waals surface area contributed by atoms with Gasteiger partial charge in [-0.3, -0.25) is 9.59 Å². The number of Topliss-reactive ketones (excluding diaryl/α,β-unsaturated/α-hetero) is 1. The van der Waals surface area contributed by atoms with E-state index in [4.69, 9.17) is 11.6 Å². The number of hydrogen-bond donors (Lipinski definition) is 0. The lowest BCUT2D eigenvalue weighted by atomic mass is 10.1. The lowest BCUT2D eigenvalue weighted by molar-refractivity contribution is -0.143. The Bertz CT molecular complexity index is 439. The second-order valence-electron chi connectivity index (χ2n) is 3.45. The minimum absolute atomic E-state index is 0.173. The van der Waals surface area contributed by atoms with E-state index in [2.05, 4.69) is 4.74 Å². The van der Waals surface area contributed by atoms with Gasteiger partial charge in [-0.2, -0.15) is 0 Å². The van der Waals surface area contributed by atoms with Crippen molar-refractivity contribution in [1.82, 2.24) is 0 Å². The van der Waals surface area contributed by atoms with Crippen molar-refractivity contribution in [1.29, 1.82) is 0 Å². The fourth-order valence-corrected chi connectivity index (χ4v) is 2.00. The van der Waals surface area contributed by atoms with Crippen molar-refractivity contribution in [2.45, 2.75) is 6.42 Å². The van der Waals surface area contributed by atoms with Gasteiger partial charge in [-0.1, -0.05) is 11.6 Å². The van der Waals surface area contributed by atoms with Crippen molar-refractivity contribution < 1.29 is 14.3 Å². The Labute approximate surface area is 92.0 Å². The van der Waals surface area contributed by atoms with Crippen LogP contribution in [0.3, 0.4) is 0 Å². The second-order valence-corrected chi connectivity index (χ2v) is 3.88. The lowest BCUT2D eigenvalue weighted by Crippen LogP contribution is -2.21. The van der Waals surface area contributed by atoms with Crippen LogP contribution in [0.1, 0.15) is 15.9 Å². The number of ether oxygens (including phenoxy) is 1. The Hall–Kier alpha value is -1.35. The molecule has 0 heterocycles. The monoisotopic (exact) mass is 224 g/mol. The van der Waals surface area contributed by atoms with Gasteiger partial charge in [0.1, 0.15) is 5.92 Å². The van der Waals surface area contributed by atoms with Crippen LogP contribution in [-0.2, 0) is 16.0 Å². The van der Waals surface area contributed by atoms with Crippen LogP contribution in [0.5, 0.6) is 0 Å². The van der Waals surface area contributed by atoms with E-state index < -0.39 is 11.9 Å². The summed E-state index contributed by atoms with van der Waals surface area (Å²) in [5.41, 5.74) is 1.40. The molecule has 15 heavy (non-hydrogen) atoms. The van der Waals surface area contributed by atoms with Gasteiger partial charge in [0.15, 0.2) is 5.78 Å². The highest BCUT2D eigenvalue weighted by atomic mass is 35.5. The number of esters is 1.